The zero-order chi connectivity index (χ0) is 12.3. The number of hydrogen-bond acceptors (Lipinski definition) is 4. The average molecular weight is 263 g/mol. The Morgan fingerprint density at radius 1 is 1.00 bits per heavy atom. The van der Waals surface area contributed by atoms with Crippen LogP contribution in [0.25, 0.3) is 0 Å². The first kappa shape index (κ1) is 14.7. The fourth-order valence-corrected chi connectivity index (χ4v) is 0.819. The van der Waals surface area contributed by atoms with Crippen LogP contribution >= 0.6 is 12.0 Å². The predicted molar refractivity (Wildman–Crippen MR) is 30.3 cm³/mol. The van der Waals surface area contributed by atoms with Crippen molar-refractivity contribution in [1.29, 1.82) is 0 Å². The average Bonchev–Trinajstić information content (AvgIpc) is 1.96. The summed E-state index contributed by atoms with van der Waals surface area (Å²) in [5.74, 6) is -5.59. The lowest BCUT2D eigenvalue weighted by atomic mass is 10.2. The molecule has 0 rings (SSSR count). The van der Waals surface area contributed by atoms with Crippen LogP contribution in [0.5, 0.6) is 0 Å². The monoisotopic (exact) mass is 263 g/mol. The van der Waals surface area contributed by atoms with E-state index in [0.29, 0.717) is 0 Å². The fraction of sp³-hybridized carbons (Fsp3) is 1.00. The molecule has 0 amide bonds. The molecule has 0 aromatic rings. The smallest absolute Gasteiger partial charge is 0.453 e. The second-order valence-electron chi connectivity index (χ2n) is 2.24. The molecule has 0 spiro atoms. The molecule has 15 heavy (non-hydrogen) atoms. The highest BCUT2D eigenvalue weighted by Crippen LogP contribution is 2.46. The number of rotatable bonds is 5. The van der Waals surface area contributed by atoms with E-state index < -0.39 is 35.8 Å². The molecule has 0 bridgehead atoms. The highest BCUT2D eigenvalue weighted by molar-refractivity contribution is 7.95. The van der Waals surface area contributed by atoms with Crippen molar-refractivity contribution < 1.29 is 45.4 Å². The first-order valence-corrected chi connectivity index (χ1v) is 3.73. The Morgan fingerprint density at radius 3 is 1.80 bits per heavy atom. The van der Waals surface area contributed by atoms with Crippen molar-refractivity contribution in [3.63, 3.8) is 0 Å². The summed E-state index contributed by atoms with van der Waals surface area (Å²) >= 11 is -1.23. The minimum atomic E-state index is -6.10. The molecule has 0 saturated carbocycles. The summed E-state index contributed by atoms with van der Waals surface area (Å²) in [5, 5.41) is 6.83. The van der Waals surface area contributed by atoms with Gasteiger partial charge in [0.2, 0.25) is 0 Å². The summed E-state index contributed by atoms with van der Waals surface area (Å²) in [4.78, 5) is 0. The Balaban J connectivity index is 4.43. The maximum Gasteiger partial charge on any atom is 0.453 e. The first-order valence-electron chi connectivity index (χ1n) is 2.98. The van der Waals surface area contributed by atoms with Gasteiger partial charge < -0.3 is 5.26 Å². The van der Waals surface area contributed by atoms with Gasteiger partial charge in [0.1, 0.15) is 12.0 Å². The molecule has 0 heterocycles. The molecule has 0 N–H and O–H groups in total. The highest BCUT2D eigenvalue weighted by atomic mass is 32.2. The topological polar surface area (TPSA) is 41.5 Å². The summed E-state index contributed by atoms with van der Waals surface area (Å²) < 4.78 is 86.0. The normalized spacial score (nSPS) is 14.4. The van der Waals surface area contributed by atoms with Crippen LogP contribution in [0.15, 0.2) is 0 Å². The van der Waals surface area contributed by atoms with Gasteiger partial charge in [0.05, 0.1) is 6.42 Å². The lowest BCUT2D eigenvalue weighted by Crippen LogP contribution is -2.40. The first-order chi connectivity index (χ1) is 6.52. The number of alkyl halides is 7. The molecular formula is C4H2F7O3S-. The van der Waals surface area contributed by atoms with Crippen LogP contribution in [0.2, 0.25) is 0 Å². The highest BCUT2D eigenvalue weighted by Gasteiger charge is 2.62. The number of halogens is 7. The third-order valence-electron chi connectivity index (χ3n) is 1.03. The molecule has 92 valence electrons. The Morgan fingerprint density at radius 2 is 1.47 bits per heavy atom. The summed E-state index contributed by atoms with van der Waals surface area (Å²) in [7, 11) is 0. The second-order valence-corrected chi connectivity index (χ2v) is 3.14. The van der Waals surface area contributed by atoms with Crippen molar-refractivity contribution in [2.24, 2.45) is 0 Å². The molecule has 0 aliphatic rings. The standard InChI is InChI=1S/C4H3F7O3S/c5-2(6,4(9,10)11)1-3(7,8)15-14-13-12/h12H,1H2/p-1. The molecule has 0 aromatic heterocycles. The van der Waals surface area contributed by atoms with Crippen molar-refractivity contribution in [1.82, 2.24) is 0 Å². The Hall–Kier alpha value is -0.260. The van der Waals surface area contributed by atoms with E-state index in [9.17, 15) is 30.7 Å². The predicted octanol–water partition coefficient (Wildman–Crippen LogP) is 2.04. The SMILES string of the molecule is [O-]OOSC(F)(F)CC(F)(F)C(F)(F)F. The van der Waals surface area contributed by atoms with E-state index in [1.807, 2.05) is 0 Å². The Bertz CT molecular complexity index is 205. The van der Waals surface area contributed by atoms with Crippen LogP contribution < -0.4 is 5.26 Å². The molecule has 0 aliphatic carbocycles. The number of hydrogen-bond donors (Lipinski definition) is 0. The quantitative estimate of drug-likeness (QED) is 0.329. The van der Waals surface area contributed by atoms with Crippen LogP contribution in [-0.4, -0.2) is 17.4 Å². The van der Waals surface area contributed by atoms with Crippen LogP contribution in [0.1, 0.15) is 6.42 Å². The van der Waals surface area contributed by atoms with E-state index in [2.05, 4.69) is 9.37 Å². The van der Waals surface area contributed by atoms with Gasteiger partial charge in [-0.05, 0) is 0 Å². The molecule has 3 nitrogen and oxygen atoms in total. The summed E-state index contributed by atoms with van der Waals surface area (Å²) in [6.45, 7) is 0. The van der Waals surface area contributed by atoms with Gasteiger partial charge in [0.25, 0.3) is 0 Å². The lowest BCUT2D eigenvalue weighted by molar-refractivity contribution is -0.777. The molecule has 0 unspecified atom stereocenters. The van der Waals surface area contributed by atoms with E-state index in [1.54, 1.807) is 0 Å². The Kier molecular flexibility index (Phi) is 4.64. The fourth-order valence-electron chi connectivity index (χ4n) is 0.452. The van der Waals surface area contributed by atoms with Gasteiger partial charge in [-0.25, -0.2) is 0 Å². The zero-order valence-electron chi connectivity index (χ0n) is 6.49. The minimum Gasteiger partial charge on any atom is -0.691 e. The minimum absolute atomic E-state index is 1.23. The van der Waals surface area contributed by atoms with Crippen LogP contribution in [0, 0.1) is 0 Å². The van der Waals surface area contributed by atoms with Gasteiger partial charge in [-0.2, -0.15) is 35.1 Å². The third kappa shape index (κ3) is 4.86. The molecule has 11 heteroatoms. The van der Waals surface area contributed by atoms with Crippen LogP contribution in [0.4, 0.5) is 30.7 Å². The molecular weight excluding hydrogens is 261 g/mol. The zero-order valence-corrected chi connectivity index (χ0v) is 7.30. The summed E-state index contributed by atoms with van der Waals surface area (Å²) in [6.07, 6.45) is -8.95. The molecule has 0 fully saturated rings. The van der Waals surface area contributed by atoms with Gasteiger partial charge in [0.15, 0.2) is 0 Å². The summed E-state index contributed by atoms with van der Waals surface area (Å²) in [6, 6.07) is 0. The van der Waals surface area contributed by atoms with Gasteiger partial charge >= 0.3 is 17.4 Å². The lowest BCUT2D eigenvalue weighted by Gasteiger charge is -2.23. The molecule has 0 saturated heterocycles. The largest absolute Gasteiger partial charge is 0.691 e. The molecule has 0 radical (unpaired) electrons. The second kappa shape index (κ2) is 4.72. The van der Waals surface area contributed by atoms with E-state index in [-0.39, 0.29) is 0 Å². The third-order valence-corrected chi connectivity index (χ3v) is 1.54. The molecule has 0 aliphatic heterocycles. The van der Waals surface area contributed by atoms with E-state index >= 15 is 0 Å². The molecule has 0 atom stereocenters. The van der Waals surface area contributed by atoms with Crippen molar-refractivity contribution >= 4 is 12.0 Å². The van der Waals surface area contributed by atoms with E-state index in [1.165, 1.54) is 0 Å². The van der Waals surface area contributed by atoms with E-state index in [4.69, 9.17) is 5.26 Å². The molecule has 0 aromatic carbocycles. The van der Waals surface area contributed by atoms with Crippen molar-refractivity contribution in [3.8, 4) is 0 Å². The summed E-state index contributed by atoms with van der Waals surface area (Å²) in [5.41, 5.74) is 0. The van der Waals surface area contributed by atoms with Gasteiger partial charge in [-0.1, -0.05) is 0 Å². The van der Waals surface area contributed by atoms with Gasteiger partial charge in [0, 0.05) is 0 Å². The van der Waals surface area contributed by atoms with Crippen molar-refractivity contribution in [2.45, 2.75) is 23.8 Å². The van der Waals surface area contributed by atoms with Gasteiger partial charge in [-0.3, -0.25) is 5.04 Å². The van der Waals surface area contributed by atoms with Crippen LogP contribution in [0.3, 0.4) is 0 Å². The maximum absolute atomic E-state index is 12.3. The van der Waals surface area contributed by atoms with Crippen LogP contribution in [-0.2, 0) is 9.37 Å². The van der Waals surface area contributed by atoms with Crippen molar-refractivity contribution in [3.05, 3.63) is 0 Å². The Labute approximate surface area is 82.2 Å². The van der Waals surface area contributed by atoms with Gasteiger partial charge in [-0.15, -0.1) is 0 Å². The van der Waals surface area contributed by atoms with E-state index in [0.717, 1.165) is 0 Å². The van der Waals surface area contributed by atoms with Crippen molar-refractivity contribution in [2.75, 3.05) is 0 Å². The maximum atomic E-state index is 12.3.